The third-order valence-corrected chi connectivity index (χ3v) is 8.72. The molecule has 0 bridgehead atoms. The summed E-state index contributed by atoms with van der Waals surface area (Å²) in [5.41, 5.74) is 1.57. The summed E-state index contributed by atoms with van der Waals surface area (Å²) in [5, 5.41) is 2.62. The van der Waals surface area contributed by atoms with Crippen molar-refractivity contribution >= 4 is 25.3 Å². The average Bonchev–Trinajstić information content (AvgIpc) is 2.63. The predicted octanol–water partition coefficient (Wildman–Crippen LogP) is 5.12. The molecule has 3 rings (SSSR count). The zero-order valence-electron chi connectivity index (χ0n) is 14.9. The molecule has 2 heteroatoms. The molecule has 0 aromatic heterocycles. The van der Waals surface area contributed by atoms with Gasteiger partial charge in [-0.15, -0.1) is 0 Å². The van der Waals surface area contributed by atoms with Gasteiger partial charge in [0.05, 0.1) is 16.8 Å². The average molecular weight is 333 g/mol. The van der Waals surface area contributed by atoms with Crippen molar-refractivity contribution < 1.29 is 0 Å². The van der Waals surface area contributed by atoms with Crippen LogP contribution in [0.5, 0.6) is 0 Å². The molecular formula is C22H27BP+. The second-order valence-electron chi connectivity index (χ2n) is 7.34. The first-order valence-electron chi connectivity index (χ1n) is 9.05. The molecule has 2 radical (unpaired) electrons. The fourth-order valence-electron chi connectivity index (χ4n) is 3.70. The highest BCUT2D eigenvalue weighted by Crippen LogP contribution is 2.54. The van der Waals surface area contributed by atoms with E-state index < -0.39 is 7.14 Å². The van der Waals surface area contributed by atoms with Crippen LogP contribution in [0.3, 0.4) is 0 Å². The van der Waals surface area contributed by atoms with Gasteiger partial charge in [-0.1, -0.05) is 56.3 Å². The molecule has 24 heavy (non-hydrogen) atoms. The molecule has 0 saturated carbocycles. The summed E-state index contributed by atoms with van der Waals surface area (Å²) in [6.07, 6.45) is 7.25. The van der Waals surface area contributed by atoms with E-state index in [2.05, 4.69) is 80.6 Å². The molecule has 0 heterocycles. The van der Waals surface area contributed by atoms with Crippen molar-refractivity contribution in [1.29, 1.82) is 0 Å². The Morgan fingerprint density at radius 1 is 0.958 bits per heavy atom. The first-order valence-corrected chi connectivity index (χ1v) is 11.1. The normalized spacial score (nSPS) is 18.5. The Balaban J connectivity index is 1.90. The molecule has 2 aromatic rings. The van der Waals surface area contributed by atoms with Gasteiger partial charge in [0.2, 0.25) is 0 Å². The van der Waals surface area contributed by atoms with Gasteiger partial charge in [-0.2, -0.15) is 0 Å². The van der Waals surface area contributed by atoms with Gasteiger partial charge < -0.3 is 0 Å². The zero-order chi connectivity index (χ0) is 17.0. The van der Waals surface area contributed by atoms with Crippen LogP contribution in [0.25, 0.3) is 0 Å². The molecule has 0 amide bonds. The van der Waals surface area contributed by atoms with E-state index in [1.54, 1.807) is 5.57 Å². The van der Waals surface area contributed by atoms with Crippen molar-refractivity contribution in [2.45, 2.75) is 33.1 Å². The van der Waals surface area contributed by atoms with Gasteiger partial charge in [0.15, 0.2) is 0 Å². The Bertz CT molecular complexity index is 636. The summed E-state index contributed by atoms with van der Waals surface area (Å²) in [7, 11) is 5.28. The Labute approximate surface area is 149 Å². The molecule has 1 atom stereocenters. The fourth-order valence-corrected chi connectivity index (χ4v) is 6.70. The molecule has 0 fully saturated rings. The van der Waals surface area contributed by atoms with Crippen LogP contribution in [-0.4, -0.2) is 13.7 Å². The van der Waals surface area contributed by atoms with E-state index in [1.807, 2.05) is 0 Å². The predicted molar refractivity (Wildman–Crippen MR) is 110 cm³/mol. The van der Waals surface area contributed by atoms with E-state index in [9.17, 15) is 0 Å². The highest BCUT2D eigenvalue weighted by molar-refractivity contribution is 8.08. The summed E-state index contributed by atoms with van der Waals surface area (Å²) < 4.78 is 0. The van der Waals surface area contributed by atoms with E-state index >= 15 is 0 Å². The summed E-state index contributed by atoms with van der Waals surface area (Å²) in [6.45, 7) is 4.69. The highest BCUT2D eigenvalue weighted by atomic mass is 31.2. The minimum absolute atomic E-state index is 0.781. The Kier molecular flexibility index (Phi) is 5.62. The molecule has 0 N–H and O–H groups in total. The van der Waals surface area contributed by atoms with E-state index in [0.29, 0.717) is 0 Å². The van der Waals surface area contributed by atoms with E-state index in [4.69, 9.17) is 7.57 Å². The first-order chi connectivity index (χ1) is 11.6. The van der Waals surface area contributed by atoms with E-state index in [-0.39, 0.29) is 0 Å². The maximum atomic E-state index is 7.14. The smallest absolute Gasteiger partial charge is 0.0815 e. The lowest BCUT2D eigenvalue weighted by molar-refractivity contribution is 0.351. The molecule has 1 aliphatic rings. The summed E-state index contributed by atoms with van der Waals surface area (Å²) in [5.74, 6) is 1.62. The van der Waals surface area contributed by atoms with Crippen LogP contribution < -0.4 is 10.6 Å². The van der Waals surface area contributed by atoms with Crippen LogP contribution >= 0.6 is 7.14 Å². The lowest BCUT2D eigenvalue weighted by atomic mass is 9.83. The SMILES string of the molecule is [B][P+](CC1=CCC(C(C)C)CC1)(c1ccccc1)c1ccccc1. The minimum atomic E-state index is -1.85. The Hall–Kier alpha value is -1.33. The number of hydrogen-bond donors (Lipinski definition) is 0. The summed E-state index contributed by atoms with van der Waals surface area (Å²) in [4.78, 5) is 0. The van der Waals surface area contributed by atoms with Gasteiger partial charge in [-0.3, -0.25) is 0 Å². The van der Waals surface area contributed by atoms with Crippen molar-refractivity contribution in [2.75, 3.05) is 6.16 Å². The van der Waals surface area contributed by atoms with Crippen LogP contribution in [0, 0.1) is 11.8 Å². The number of allylic oxidation sites excluding steroid dienone is 2. The maximum Gasteiger partial charge on any atom is 0.377 e. The molecule has 1 aliphatic carbocycles. The molecule has 122 valence electrons. The van der Waals surface area contributed by atoms with E-state index in [0.717, 1.165) is 18.0 Å². The second kappa shape index (κ2) is 7.71. The van der Waals surface area contributed by atoms with Crippen molar-refractivity contribution in [3.05, 3.63) is 72.3 Å². The minimum Gasteiger partial charge on any atom is -0.0815 e. The fraction of sp³-hybridized carbons (Fsp3) is 0.364. The van der Waals surface area contributed by atoms with Crippen LogP contribution in [0.15, 0.2) is 72.3 Å². The lowest BCUT2D eigenvalue weighted by Gasteiger charge is -2.29. The monoisotopic (exact) mass is 333 g/mol. The zero-order valence-corrected chi connectivity index (χ0v) is 15.8. The molecule has 0 spiro atoms. The van der Waals surface area contributed by atoms with Crippen LogP contribution in [0.1, 0.15) is 33.1 Å². The third kappa shape index (κ3) is 3.84. The van der Waals surface area contributed by atoms with Gasteiger partial charge in [0, 0.05) is 7.14 Å². The maximum absolute atomic E-state index is 7.14. The summed E-state index contributed by atoms with van der Waals surface area (Å²) in [6, 6.07) is 21.4. The Morgan fingerprint density at radius 2 is 1.50 bits per heavy atom. The quantitative estimate of drug-likeness (QED) is 0.405. The van der Waals surface area contributed by atoms with Gasteiger partial charge in [0.25, 0.3) is 0 Å². The molecule has 0 saturated heterocycles. The summed E-state index contributed by atoms with van der Waals surface area (Å²) >= 11 is 0. The van der Waals surface area contributed by atoms with Crippen molar-refractivity contribution in [3.8, 4) is 0 Å². The van der Waals surface area contributed by atoms with Crippen LogP contribution in [0.2, 0.25) is 0 Å². The van der Waals surface area contributed by atoms with Gasteiger partial charge >= 0.3 is 7.57 Å². The van der Waals surface area contributed by atoms with Crippen LogP contribution in [0.4, 0.5) is 0 Å². The largest absolute Gasteiger partial charge is 0.377 e. The van der Waals surface area contributed by atoms with Crippen molar-refractivity contribution in [2.24, 2.45) is 11.8 Å². The molecule has 0 aliphatic heterocycles. The molecule has 0 nitrogen and oxygen atoms in total. The van der Waals surface area contributed by atoms with Gasteiger partial charge in [-0.25, -0.2) is 0 Å². The standard InChI is InChI=1S/C22H27BP/c1-18(2)20-15-13-19(14-16-20)17-24(23,21-9-5-3-6-10-21)22-11-7-4-8-12-22/h3-13,18,20H,14-17H2,1-2H3/q+1. The molecule has 2 aromatic carbocycles. The first kappa shape index (κ1) is 17.5. The number of rotatable bonds is 5. The second-order valence-corrected chi connectivity index (χ2v) is 10.4. The van der Waals surface area contributed by atoms with Gasteiger partial charge in [0.1, 0.15) is 0 Å². The Morgan fingerprint density at radius 3 is 1.92 bits per heavy atom. The van der Waals surface area contributed by atoms with E-state index in [1.165, 1.54) is 29.9 Å². The molecule has 1 unspecified atom stereocenters. The van der Waals surface area contributed by atoms with Crippen LogP contribution in [-0.2, 0) is 0 Å². The highest BCUT2D eigenvalue weighted by Gasteiger charge is 2.38. The van der Waals surface area contributed by atoms with Crippen molar-refractivity contribution in [1.82, 2.24) is 0 Å². The molecular weight excluding hydrogens is 306 g/mol. The topological polar surface area (TPSA) is 0 Å². The number of hydrogen-bond acceptors (Lipinski definition) is 0. The van der Waals surface area contributed by atoms with Crippen molar-refractivity contribution in [3.63, 3.8) is 0 Å². The third-order valence-electron chi connectivity index (χ3n) is 5.37. The lowest BCUT2D eigenvalue weighted by Crippen LogP contribution is -2.26. The number of benzene rings is 2. The van der Waals surface area contributed by atoms with Gasteiger partial charge in [-0.05, 0) is 60.9 Å².